The van der Waals surface area contributed by atoms with Crippen molar-refractivity contribution in [3.05, 3.63) is 0 Å². The molecule has 5 nitrogen and oxygen atoms in total. The van der Waals surface area contributed by atoms with Crippen molar-refractivity contribution in [1.82, 2.24) is 0 Å². The molecule has 0 radical (unpaired) electrons. The predicted octanol–water partition coefficient (Wildman–Crippen LogP) is 12.0. The number of esters is 1. The Labute approximate surface area is 273 Å². The van der Waals surface area contributed by atoms with Crippen LogP contribution in [0, 0.1) is 5.92 Å². The van der Waals surface area contributed by atoms with E-state index in [0.29, 0.717) is 6.42 Å². The Bertz CT molecular complexity index is 661. The van der Waals surface area contributed by atoms with E-state index >= 15 is 0 Å². The number of rotatable bonds is 35. The first kappa shape index (κ1) is 42.8. The van der Waals surface area contributed by atoms with Crippen molar-refractivity contribution >= 4 is 17.5 Å². The van der Waals surface area contributed by atoms with Crippen LogP contribution in [0.3, 0.4) is 0 Å². The molecule has 2 atom stereocenters. The molecule has 44 heavy (non-hydrogen) atoms. The van der Waals surface area contributed by atoms with E-state index in [4.69, 9.17) is 9.47 Å². The minimum atomic E-state index is -0.996. The number of carbonyl (C=O) groups excluding carboxylic acids is 3. The molecule has 0 aliphatic rings. The zero-order valence-corrected chi connectivity index (χ0v) is 29.9. The molecule has 0 aliphatic carbocycles. The van der Waals surface area contributed by atoms with Gasteiger partial charge in [0.15, 0.2) is 12.1 Å². The lowest BCUT2D eigenvalue weighted by Crippen LogP contribution is -2.33. The number of hydrogen-bond donors (Lipinski definition) is 0. The quantitative estimate of drug-likeness (QED) is 0.0231. The second-order valence-corrected chi connectivity index (χ2v) is 13.3. The Hall–Kier alpha value is -1.23. The largest absolute Gasteiger partial charge is 0.436 e. The molecule has 0 bridgehead atoms. The van der Waals surface area contributed by atoms with Crippen LogP contribution in [0.5, 0.6) is 0 Å². The average molecular weight is 623 g/mol. The SMILES string of the molecule is CCCCCCCCCCCCCCCCC(=O)C(=O)C(CCCCCCCCCCCCCCCC)C(=O)OC(C)OC. The van der Waals surface area contributed by atoms with Gasteiger partial charge in [0.25, 0.3) is 0 Å². The summed E-state index contributed by atoms with van der Waals surface area (Å²) in [7, 11) is 1.46. The molecule has 0 aromatic carbocycles. The van der Waals surface area contributed by atoms with Crippen LogP contribution in [0.2, 0.25) is 0 Å². The number of Topliss-reactive ketones (excluding diaryl/α,β-unsaturated/α-hetero) is 2. The van der Waals surface area contributed by atoms with E-state index in [1.807, 2.05) is 0 Å². The van der Waals surface area contributed by atoms with E-state index in [0.717, 1.165) is 38.5 Å². The molecule has 0 amide bonds. The molecule has 0 rings (SSSR count). The third kappa shape index (κ3) is 27.1. The predicted molar refractivity (Wildman–Crippen MR) is 186 cm³/mol. The highest BCUT2D eigenvalue weighted by molar-refractivity contribution is 6.41. The lowest BCUT2D eigenvalue weighted by molar-refractivity contribution is -0.176. The van der Waals surface area contributed by atoms with E-state index in [1.54, 1.807) is 6.92 Å². The molecule has 0 heterocycles. The minimum absolute atomic E-state index is 0.235. The molecular formula is C39H74O5. The molecular weight excluding hydrogens is 548 g/mol. The maximum Gasteiger partial charge on any atom is 0.319 e. The van der Waals surface area contributed by atoms with Crippen molar-refractivity contribution < 1.29 is 23.9 Å². The lowest BCUT2D eigenvalue weighted by atomic mass is 9.92. The maximum atomic E-state index is 13.0. The van der Waals surface area contributed by atoms with E-state index in [9.17, 15) is 14.4 Å². The fraction of sp³-hybridized carbons (Fsp3) is 0.923. The van der Waals surface area contributed by atoms with E-state index in [-0.39, 0.29) is 6.42 Å². The Morgan fingerprint density at radius 3 is 1.14 bits per heavy atom. The number of methoxy groups -OCH3 is 1. The summed E-state index contributed by atoms with van der Waals surface area (Å²) in [5.41, 5.74) is 0. The second kappa shape index (κ2) is 33.1. The third-order valence-electron chi connectivity index (χ3n) is 9.09. The van der Waals surface area contributed by atoms with Gasteiger partial charge in [-0.05, 0) is 19.8 Å². The van der Waals surface area contributed by atoms with Crippen LogP contribution in [-0.4, -0.2) is 30.9 Å². The monoisotopic (exact) mass is 623 g/mol. The lowest BCUT2D eigenvalue weighted by Gasteiger charge is -2.17. The first-order chi connectivity index (χ1) is 21.5. The zero-order valence-electron chi connectivity index (χ0n) is 29.9. The molecule has 0 N–H and O–H groups in total. The molecule has 0 saturated carbocycles. The van der Waals surface area contributed by atoms with Gasteiger partial charge in [-0.3, -0.25) is 14.4 Å². The summed E-state index contributed by atoms with van der Waals surface area (Å²) < 4.78 is 10.4. The highest BCUT2D eigenvalue weighted by atomic mass is 16.7. The van der Waals surface area contributed by atoms with Crippen molar-refractivity contribution in [2.24, 2.45) is 5.92 Å². The Balaban J connectivity index is 4.10. The number of unbranched alkanes of at least 4 members (excludes halogenated alkanes) is 26. The van der Waals surface area contributed by atoms with Gasteiger partial charge in [-0.15, -0.1) is 0 Å². The van der Waals surface area contributed by atoms with Crippen LogP contribution in [0.4, 0.5) is 0 Å². The van der Waals surface area contributed by atoms with Gasteiger partial charge in [0, 0.05) is 13.5 Å². The summed E-state index contributed by atoms with van der Waals surface area (Å²) in [5.74, 6) is -2.60. The van der Waals surface area contributed by atoms with Gasteiger partial charge in [-0.25, -0.2) is 0 Å². The second-order valence-electron chi connectivity index (χ2n) is 13.3. The van der Waals surface area contributed by atoms with Gasteiger partial charge < -0.3 is 9.47 Å². The van der Waals surface area contributed by atoms with Gasteiger partial charge in [-0.1, -0.05) is 187 Å². The zero-order chi connectivity index (χ0) is 32.5. The minimum Gasteiger partial charge on any atom is -0.436 e. The summed E-state index contributed by atoms with van der Waals surface area (Å²) in [5, 5.41) is 0. The number of carbonyl (C=O) groups is 3. The number of ketones is 2. The highest BCUT2D eigenvalue weighted by Gasteiger charge is 2.32. The third-order valence-corrected chi connectivity index (χ3v) is 9.09. The smallest absolute Gasteiger partial charge is 0.319 e. The van der Waals surface area contributed by atoms with Crippen LogP contribution in [0.25, 0.3) is 0 Å². The highest BCUT2D eigenvalue weighted by Crippen LogP contribution is 2.19. The summed E-state index contributed by atoms with van der Waals surface area (Å²) in [6, 6.07) is 0. The number of ether oxygens (including phenoxy) is 2. The van der Waals surface area contributed by atoms with Crippen molar-refractivity contribution in [3.63, 3.8) is 0 Å². The first-order valence-electron chi connectivity index (χ1n) is 19.3. The van der Waals surface area contributed by atoms with Crippen molar-refractivity contribution in [1.29, 1.82) is 0 Å². The van der Waals surface area contributed by atoms with Gasteiger partial charge in [0.05, 0.1) is 0 Å². The van der Waals surface area contributed by atoms with Crippen LogP contribution in [-0.2, 0) is 23.9 Å². The molecule has 0 aliphatic heterocycles. The molecule has 0 aromatic heterocycles. The topological polar surface area (TPSA) is 69.7 Å². The molecule has 260 valence electrons. The molecule has 5 heteroatoms. The molecule has 2 unspecified atom stereocenters. The summed E-state index contributed by atoms with van der Waals surface area (Å²) >= 11 is 0. The van der Waals surface area contributed by atoms with Crippen molar-refractivity contribution in [2.45, 2.75) is 220 Å². The Morgan fingerprint density at radius 1 is 0.477 bits per heavy atom. The summed E-state index contributed by atoms with van der Waals surface area (Å²) in [6.45, 7) is 6.15. The molecule has 0 fully saturated rings. The van der Waals surface area contributed by atoms with Crippen LogP contribution in [0.1, 0.15) is 213 Å². The van der Waals surface area contributed by atoms with Crippen LogP contribution in [0.15, 0.2) is 0 Å². The number of hydrogen-bond acceptors (Lipinski definition) is 5. The normalized spacial score (nSPS) is 12.7. The average Bonchev–Trinajstić information content (AvgIpc) is 3.02. The molecule has 0 saturated heterocycles. The van der Waals surface area contributed by atoms with Gasteiger partial charge in [-0.2, -0.15) is 0 Å². The van der Waals surface area contributed by atoms with Gasteiger partial charge in [0.1, 0.15) is 5.92 Å². The van der Waals surface area contributed by atoms with Crippen LogP contribution >= 0.6 is 0 Å². The Morgan fingerprint density at radius 2 is 0.795 bits per heavy atom. The first-order valence-corrected chi connectivity index (χ1v) is 19.3. The van der Waals surface area contributed by atoms with E-state index in [2.05, 4.69) is 13.8 Å². The Kier molecular flexibility index (Phi) is 32.2. The fourth-order valence-electron chi connectivity index (χ4n) is 5.99. The van der Waals surface area contributed by atoms with Crippen molar-refractivity contribution in [3.8, 4) is 0 Å². The van der Waals surface area contributed by atoms with Gasteiger partial charge >= 0.3 is 5.97 Å². The van der Waals surface area contributed by atoms with Gasteiger partial charge in [0.2, 0.25) is 5.78 Å². The maximum absolute atomic E-state index is 13.0. The van der Waals surface area contributed by atoms with Crippen molar-refractivity contribution in [2.75, 3.05) is 7.11 Å². The summed E-state index contributed by atoms with van der Waals surface area (Å²) in [4.78, 5) is 38.5. The standard InChI is InChI=1S/C39H74O5/c1-5-7-9-11-13-15-17-19-21-23-25-27-29-31-33-36(39(42)44-35(3)43-4)38(41)37(40)34-32-30-28-26-24-22-20-18-16-14-12-10-8-6-2/h35-36H,5-34H2,1-4H3. The van der Waals surface area contributed by atoms with E-state index in [1.165, 1.54) is 148 Å². The van der Waals surface area contributed by atoms with E-state index < -0.39 is 29.7 Å². The molecule has 0 aromatic rings. The molecule has 0 spiro atoms. The summed E-state index contributed by atoms with van der Waals surface area (Å²) in [6.07, 6.45) is 34.8. The van der Waals surface area contributed by atoms with Crippen LogP contribution < -0.4 is 0 Å². The fourth-order valence-corrected chi connectivity index (χ4v) is 5.99.